The summed E-state index contributed by atoms with van der Waals surface area (Å²) in [5, 5.41) is 0.508. The lowest BCUT2D eigenvalue weighted by Gasteiger charge is -2.13. The second-order valence-corrected chi connectivity index (χ2v) is 8.83. The molecule has 0 N–H and O–H groups in total. The summed E-state index contributed by atoms with van der Waals surface area (Å²) in [6.07, 6.45) is 0. The lowest BCUT2D eigenvalue weighted by molar-refractivity contribution is 0.287. The van der Waals surface area contributed by atoms with Gasteiger partial charge in [0.05, 0.1) is 19.8 Å². The van der Waals surface area contributed by atoms with Gasteiger partial charge in [0.25, 0.3) is 5.56 Å². The fourth-order valence-electron chi connectivity index (χ4n) is 3.81. The van der Waals surface area contributed by atoms with Gasteiger partial charge in [0, 0.05) is 25.4 Å². The minimum absolute atomic E-state index is 0.104. The molecule has 4 rings (SSSR count). The highest BCUT2D eigenvalue weighted by Gasteiger charge is 2.20. The van der Waals surface area contributed by atoms with Crippen LogP contribution in [-0.4, -0.2) is 31.9 Å². The third-order valence-electron chi connectivity index (χ3n) is 5.57. The molecule has 0 spiro atoms. The Hall–Kier alpha value is -3.53. The summed E-state index contributed by atoms with van der Waals surface area (Å²) in [5.41, 5.74) is 0.957. The third-order valence-corrected chi connectivity index (χ3v) is 6.62. The molecule has 0 bridgehead atoms. The van der Waals surface area contributed by atoms with E-state index in [1.54, 1.807) is 29.8 Å². The molecule has 8 nitrogen and oxygen atoms in total. The zero-order valence-electron chi connectivity index (χ0n) is 20.1. The maximum Gasteiger partial charge on any atom is 0.332 e. The van der Waals surface area contributed by atoms with Crippen LogP contribution in [0.2, 0.25) is 0 Å². The Balaban J connectivity index is 1.77. The number of fused-ring (bicyclic) bond motifs is 1. The first-order chi connectivity index (χ1) is 16.8. The number of rotatable bonds is 9. The predicted octanol–water partition coefficient (Wildman–Crippen LogP) is 3.71. The van der Waals surface area contributed by atoms with Gasteiger partial charge in [-0.05, 0) is 37.6 Å². The minimum Gasteiger partial charge on any atom is -0.490 e. The van der Waals surface area contributed by atoms with Gasteiger partial charge in [-0.1, -0.05) is 36.0 Å². The largest absolute Gasteiger partial charge is 0.490 e. The van der Waals surface area contributed by atoms with Crippen LogP contribution in [-0.2, 0) is 26.4 Å². The number of thioether (sulfide) groups is 1. The molecule has 0 amide bonds. The van der Waals surface area contributed by atoms with Crippen molar-refractivity contribution < 1.29 is 13.9 Å². The zero-order valence-corrected chi connectivity index (χ0v) is 20.9. The lowest BCUT2D eigenvalue weighted by Crippen LogP contribution is -2.37. The Morgan fingerprint density at radius 3 is 2.40 bits per heavy atom. The Kier molecular flexibility index (Phi) is 7.30. The molecule has 4 aromatic rings. The molecule has 0 saturated carbocycles. The van der Waals surface area contributed by atoms with E-state index in [0.29, 0.717) is 41.2 Å². The monoisotopic (exact) mass is 498 g/mol. The van der Waals surface area contributed by atoms with Crippen LogP contribution < -0.4 is 20.7 Å². The second kappa shape index (κ2) is 10.4. The topological polar surface area (TPSA) is 80.3 Å². The predicted molar refractivity (Wildman–Crippen MR) is 134 cm³/mol. The van der Waals surface area contributed by atoms with Crippen molar-refractivity contribution in [3.05, 3.63) is 80.2 Å². The van der Waals surface area contributed by atoms with Gasteiger partial charge in [-0.3, -0.25) is 13.9 Å². The van der Waals surface area contributed by atoms with Gasteiger partial charge in [0.1, 0.15) is 5.82 Å². The van der Waals surface area contributed by atoms with E-state index in [9.17, 15) is 14.0 Å². The van der Waals surface area contributed by atoms with Crippen molar-refractivity contribution in [3.8, 4) is 11.5 Å². The quantitative estimate of drug-likeness (QED) is 0.327. The number of nitrogens with zero attached hydrogens (tertiary/aromatic N) is 4. The number of hydrogen-bond donors (Lipinski definition) is 0. The fourth-order valence-corrected chi connectivity index (χ4v) is 4.75. The standard InChI is InChI=1S/C25H27FN4O4S/c1-5-33-19-12-11-16(13-20(19)34-6-2)15-35-24-27-22-21(23(31)29(4)25(32)28(22)3)30(24)14-17-9-7-8-10-18(17)26/h7-13H,5-6,14-15H2,1-4H3. The summed E-state index contributed by atoms with van der Waals surface area (Å²) >= 11 is 1.40. The molecule has 2 aromatic heterocycles. The number of imidazole rings is 1. The van der Waals surface area contributed by atoms with E-state index >= 15 is 0 Å². The molecule has 0 radical (unpaired) electrons. The second-order valence-electron chi connectivity index (χ2n) is 7.89. The van der Waals surface area contributed by atoms with Crippen molar-refractivity contribution in [3.63, 3.8) is 0 Å². The Bertz CT molecular complexity index is 1490. The van der Waals surface area contributed by atoms with Crippen LogP contribution in [0.5, 0.6) is 11.5 Å². The Morgan fingerprint density at radius 2 is 1.69 bits per heavy atom. The number of aryl methyl sites for hydroxylation is 1. The molecule has 0 aliphatic rings. The van der Waals surface area contributed by atoms with E-state index in [1.807, 2.05) is 32.0 Å². The average molecular weight is 499 g/mol. The molecule has 0 atom stereocenters. The SMILES string of the molecule is CCOc1ccc(CSc2nc3c(c(=O)n(C)c(=O)n3C)n2Cc2ccccc2F)cc1OCC. The molecule has 0 aliphatic heterocycles. The highest BCUT2D eigenvalue weighted by Crippen LogP contribution is 2.32. The molecular weight excluding hydrogens is 471 g/mol. The highest BCUT2D eigenvalue weighted by atomic mass is 32.2. The average Bonchev–Trinajstić information content (AvgIpc) is 3.21. The van der Waals surface area contributed by atoms with E-state index in [1.165, 1.54) is 29.4 Å². The molecule has 0 saturated heterocycles. The van der Waals surface area contributed by atoms with E-state index in [2.05, 4.69) is 4.98 Å². The van der Waals surface area contributed by atoms with Crippen LogP contribution in [0.3, 0.4) is 0 Å². The number of hydrogen-bond acceptors (Lipinski definition) is 6. The van der Waals surface area contributed by atoms with Crippen LogP contribution in [0.1, 0.15) is 25.0 Å². The fraction of sp³-hybridized carbons (Fsp3) is 0.320. The van der Waals surface area contributed by atoms with E-state index < -0.39 is 11.2 Å². The normalized spacial score (nSPS) is 11.2. The van der Waals surface area contributed by atoms with Crippen molar-refractivity contribution in [1.82, 2.24) is 18.7 Å². The first kappa shape index (κ1) is 24.6. The summed E-state index contributed by atoms with van der Waals surface area (Å²) in [5.74, 6) is 1.47. The number of aromatic nitrogens is 4. The van der Waals surface area contributed by atoms with Crippen LogP contribution in [0, 0.1) is 5.82 Å². The molecule has 2 heterocycles. The summed E-state index contributed by atoms with van der Waals surface area (Å²) < 4.78 is 29.9. The van der Waals surface area contributed by atoms with E-state index in [-0.39, 0.29) is 23.5 Å². The van der Waals surface area contributed by atoms with Crippen molar-refractivity contribution in [1.29, 1.82) is 0 Å². The van der Waals surface area contributed by atoms with Crippen LogP contribution in [0.25, 0.3) is 11.2 Å². The zero-order chi connectivity index (χ0) is 25.1. The van der Waals surface area contributed by atoms with Gasteiger partial charge in [-0.15, -0.1) is 0 Å². The number of benzene rings is 2. The van der Waals surface area contributed by atoms with Crippen LogP contribution in [0.4, 0.5) is 4.39 Å². The van der Waals surface area contributed by atoms with Crippen LogP contribution in [0.15, 0.2) is 57.2 Å². The molecule has 184 valence electrons. The van der Waals surface area contributed by atoms with Gasteiger partial charge in [-0.25, -0.2) is 14.2 Å². The number of halogens is 1. The summed E-state index contributed by atoms with van der Waals surface area (Å²) in [6.45, 7) is 4.96. The number of ether oxygens (including phenoxy) is 2. The molecule has 0 unspecified atom stereocenters. The van der Waals surface area contributed by atoms with Gasteiger partial charge in [0.15, 0.2) is 27.8 Å². The third kappa shape index (κ3) is 4.84. The summed E-state index contributed by atoms with van der Waals surface area (Å²) in [7, 11) is 2.99. The summed E-state index contributed by atoms with van der Waals surface area (Å²) in [6, 6.07) is 12.1. The molecule has 2 aromatic carbocycles. The molecule has 35 heavy (non-hydrogen) atoms. The Morgan fingerprint density at radius 1 is 0.971 bits per heavy atom. The van der Waals surface area contributed by atoms with Gasteiger partial charge >= 0.3 is 5.69 Å². The van der Waals surface area contributed by atoms with Gasteiger partial charge < -0.3 is 14.0 Å². The van der Waals surface area contributed by atoms with E-state index in [4.69, 9.17) is 9.47 Å². The highest BCUT2D eigenvalue weighted by molar-refractivity contribution is 7.98. The lowest BCUT2D eigenvalue weighted by atomic mass is 10.2. The maximum absolute atomic E-state index is 14.5. The van der Waals surface area contributed by atoms with Crippen molar-refractivity contribution in [2.45, 2.75) is 31.3 Å². The van der Waals surface area contributed by atoms with Crippen molar-refractivity contribution >= 4 is 22.9 Å². The Labute approximate surface area is 205 Å². The molecule has 10 heteroatoms. The minimum atomic E-state index is -0.474. The first-order valence-electron chi connectivity index (χ1n) is 11.3. The van der Waals surface area contributed by atoms with Gasteiger partial charge in [0.2, 0.25) is 0 Å². The van der Waals surface area contributed by atoms with Gasteiger partial charge in [-0.2, -0.15) is 0 Å². The maximum atomic E-state index is 14.5. The van der Waals surface area contributed by atoms with Crippen LogP contribution >= 0.6 is 11.8 Å². The van der Waals surface area contributed by atoms with E-state index in [0.717, 1.165) is 10.1 Å². The van der Waals surface area contributed by atoms with Crippen molar-refractivity contribution in [2.24, 2.45) is 14.1 Å². The molecular formula is C25H27FN4O4S. The molecule has 0 fully saturated rings. The summed E-state index contributed by atoms with van der Waals surface area (Å²) in [4.78, 5) is 30.2. The van der Waals surface area contributed by atoms with Crippen molar-refractivity contribution in [2.75, 3.05) is 13.2 Å². The first-order valence-corrected chi connectivity index (χ1v) is 12.2. The molecule has 0 aliphatic carbocycles. The smallest absolute Gasteiger partial charge is 0.332 e.